The number of para-hydroxylation sites is 5. The third-order valence-corrected chi connectivity index (χ3v) is 9.71. The SMILES string of the molecule is c1ccc(N(c2ccccc2)c2ccc(N3c4cc5c(cc4-c4cccc6cccc3c46)Oc3ccccc3N5c3ccccc3)cc2)cc1. The molecule has 0 aromatic heterocycles. The minimum absolute atomic E-state index is 0.833. The van der Waals surface area contributed by atoms with E-state index in [-0.39, 0.29) is 0 Å². The number of rotatable bonds is 5. The summed E-state index contributed by atoms with van der Waals surface area (Å²) < 4.78 is 6.68. The van der Waals surface area contributed by atoms with Gasteiger partial charge in [0.1, 0.15) is 0 Å². The second kappa shape index (κ2) is 11.4. The molecule has 10 rings (SSSR count). The minimum Gasteiger partial charge on any atom is -0.453 e. The van der Waals surface area contributed by atoms with Crippen LogP contribution in [0.25, 0.3) is 21.9 Å². The Bertz CT molecular complexity index is 2470. The molecule has 0 N–H and O–H groups in total. The van der Waals surface area contributed by atoms with E-state index in [2.05, 4.69) is 191 Å². The maximum atomic E-state index is 6.68. The van der Waals surface area contributed by atoms with Crippen LogP contribution in [0.15, 0.2) is 188 Å². The quantitative estimate of drug-likeness (QED) is 0.186. The van der Waals surface area contributed by atoms with Crippen molar-refractivity contribution in [2.75, 3.05) is 14.7 Å². The van der Waals surface area contributed by atoms with Crippen LogP contribution in [0, 0.1) is 0 Å². The zero-order valence-electron chi connectivity index (χ0n) is 27.1. The summed E-state index contributed by atoms with van der Waals surface area (Å²) in [5.41, 5.74) is 12.1. The molecular weight excluding hydrogens is 611 g/mol. The van der Waals surface area contributed by atoms with Crippen LogP contribution in [0.1, 0.15) is 0 Å². The molecule has 2 aliphatic heterocycles. The molecule has 2 aliphatic rings. The van der Waals surface area contributed by atoms with Gasteiger partial charge in [-0.05, 0) is 102 Å². The molecule has 0 bridgehead atoms. The Kier molecular flexibility index (Phi) is 6.46. The minimum atomic E-state index is 0.833. The van der Waals surface area contributed by atoms with Crippen molar-refractivity contribution < 1.29 is 4.74 Å². The van der Waals surface area contributed by atoms with Gasteiger partial charge in [0.25, 0.3) is 0 Å². The van der Waals surface area contributed by atoms with Gasteiger partial charge >= 0.3 is 0 Å². The first-order valence-corrected chi connectivity index (χ1v) is 16.9. The number of nitrogens with zero attached hydrogens (tertiary/aromatic N) is 3. The van der Waals surface area contributed by atoms with E-state index in [0.717, 1.165) is 68.2 Å². The maximum Gasteiger partial charge on any atom is 0.152 e. The van der Waals surface area contributed by atoms with Crippen LogP contribution in [-0.2, 0) is 0 Å². The van der Waals surface area contributed by atoms with Gasteiger partial charge in [0, 0.05) is 39.4 Å². The lowest BCUT2D eigenvalue weighted by atomic mass is 9.90. The fourth-order valence-corrected chi connectivity index (χ4v) is 7.54. The molecule has 236 valence electrons. The lowest BCUT2D eigenvalue weighted by Gasteiger charge is -2.38. The van der Waals surface area contributed by atoms with Crippen LogP contribution >= 0.6 is 0 Å². The predicted octanol–water partition coefficient (Wildman–Crippen LogP) is 13.3. The fraction of sp³-hybridized carbons (Fsp3) is 0. The zero-order chi connectivity index (χ0) is 33.0. The van der Waals surface area contributed by atoms with E-state index in [1.165, 1.54) is 16.3 Å². The van der Waals surface area contributed by atoms with Crippen molar-refractivity contribution in [3.8, 4) is 22.6 Å². The third-order valence-electron chi connectivity index (χ3n) is 9.71. The van der Waals surface area contributed by atoms with E-state index >= 15 is 0 Å². The Morgan fingerprint density at radius 3 is 1.64 bits per heavy atom. The van der Waals surface area contributed by atoms with Gasteiger partial charge in [-0.1, -0.05) is 97.1 Å². The van der Waals surface area contributed by atoms with Gasteiger partial charge in [-0.25, -0.2) is 0 Å². The van der Waals surface area contributed by atoms with Crippen LogP contribution in [0.2, 0.25) is 0 Å². The highest BCUT2D eigenvalue weighted by atomic mass is 16.5. The molecule has 0 atom stereocenters. The predicted molar refractivity (Wildman–Crippen MR) is 207 cm³/mol. The van der Waals surface area contributed by atoms with E-state index < -0.39 is 0 Å². The molecule has 8 aromatic rings. The van der Waals surface area contributed by atoms with Crippen LogP contribution < -0.4 is 19.4 Å². The lowest BCUT2D eigenvalue weighted by Crippen LogP contribution is -2.19. The van der Waals surface area contributed by atoms with Crippen molar-refractivity contribution in [1.82, 2.24) is 0 Å². The van der Waals surface area contributed by atoms with E-state index in [1.54, 1.807) is 0 Å². The molecule has 2 heterocycles. The summed E-state index contributed by atoms with van der Waals surface area (Å²) in [6.45, 7) is 0. The molecule has 0 fully saturated rings. The molecule has 4 heteroatoms. The highest BCUT2D eigenvalue weighted by Crippen LogP contribution is 2.58. The molecule has 50 heavy (non-hydrogen) atoms. The third kappa shape index (κ3) is 4.46. The Hall–Kier alpha value is -6.78. The van der Waals surface area contributed by atoms with Gasteiger partial charge in [0.15, 0.2) is 11.5 Å². The highest BCUT2D eigenvalue weighted by molar-refractivity contribution is 6.14. The average Bonchev–Trinajstić information content (AvgIpc) is 3.18. The van der Waals surface area contributed by atoms with Crippen LogP contribution in [-0.4, -0.2) is 0 Å². The van der Waals surface area contributed by atoms with Crippen molar-refractivity contribution in [3.63, 3.8) is 0 Å². The summed E-state index contributed by atoms with van der Waals surface area (Å²) in [6, 6.07) is 66.6. The summed E-state index contributed by atoms with van der Waals surface area (Å²) in [4.78, 5) is 7.02. The molecule has 0 radical (unpaired) electrons. The fourth-order valence-electron chi connectivity index (χ4n) is 7.54. The summed E-state index contributed by atoms with van der Waals surface area (Å²) in [7, 11) is 0. The van der Waals surface area contributed by atoms with Gasteiger partial charge in [0.05, 0.1) is 22.7 Å². The summed E-state index contributed by atoms with van der Waals surface area (Å²) in [6.07, 6.45) is 0. The molecular formula is C46H31N3O. The number of anilines is 9. The number of hydrogen-bond acceptors (Lipinski definition) is 4. The largest absolute Gasteiger partial charge is 0.453 e. The molecule has 0 unspecified atom stereocenters. The smallest absolute Gasteiger partial charge is 0.152 e. The molecule has 0 saturated heterocycles. The van der Waals surface area contributed by atoms with Crippen LogP contribution in [0.4, 0.5) is 51.2 Å². The van der Waals surface area contributed by atoms with Gasteiger partial charge in [-0.3, -0.25) is 0 Å². The molecule has 0 amide bonds. The molecule has 0 spiro atoms. The second-order valence-corrected chi connectivity index (χ2v) is 12.6. The molecule has 8 aromatic carbocycles. The lowest BCUT2D eigenvalue weighted by molar-refractivity contribution is 0.477. The highest BCUT2D eigenvalue weighted by Gasteiger charge is 2.32. The first kappa shape index (κ1) is 28.3. The van der Waals surface area contributed by atoms with E-state index in [9.17, 15) is 0 Å². The number of ether oxygens (including phenoxy) is 1. The standard InChI is InChI=1S/C46H31N3O/c1-4-16-33(17-5-1)47(34-18-6-2-7-19-34)36-26-28-37(29-27-36)49-41-24-13-15-32-14-12-22-38(46(32)41)39-30-45-43(31-42(39)49)48(35-20-8-3-9-21-35)40-23-10-11-25-44(40)50-45/h1-31H. The monoisotopic (exact) mass is 641 g/mol. The van der Waals surface area contributed by atoms with Crippen molar-refractivity contribution >= 4 is 62.0 Å². The van der Waals surface area contributed by atoms with Gasteiger partial charge in [-0.15, -0.1) is 0 Å². The average molecular weight is 642 g/mol. The Morgan fingerprint density at radius 2 is 0.920 bits per heavy atom. The van der Waals surface area contributed by atoms with E-state index in [1.807, 2.05) is 12.1 Å². The Labute approximate surface area is 291 Å². The van der Waals surface area contributed by atoms with Crippen LogP contribution in [0.3, 0.4) is 0 Å². The maximum absolute atomic E-state index is 6.68. The normalized spacial score (nSPS) is 12.5. The summed E-state index contributed by atoms with van der Waals surface area (Å²) >= 11 is 0. The first-order valence-electron chi connectivity index (χ1n) is 16.9. The second-order valence-electron chi connectivity index (χ2n) is 12.6. The van der Waals surface area contributed by atoms with Crippen molar-refractivity contribution in [2.45, 2.75) is 0 Å². The first-order chi connectivity index (χ1) is 24.8. The topological polar surface area (TPSA) is 19.0 Å². The Balaban J connectivity index is 1.17. The van der Waals surface area contributed by atoms with Crippen LogP contribution in [0.5, 0.6) is 11.5 Å². The van der Waals surface area contributed by atoms with E-state index in [4.69, 9.17) is 4.74 Å². The Morgan fingerprint density at radius 1 is 0.360 bits per heavy atom. The molecule has 4 nitrogen and oxygen atoms in total. The number of benzene rings is 8. The van der Waals surface area contributed by atoms with Crippen molar-refractivity contribution in [3.05, 3.63) is 188 Å². The van der Waals surface area contributed by atoms with Crippen molar-refractivity contribution in [2.24, 2.45) is 0 Å². The van der Waals surface area contributed by atoms with Gasteiger partial charge in [0.2, 0.25) is 0 Å². The molecule has 0 saturated carbocycles. The zero-order valence-corrected chi connectivity index (χ0v) is 27.1. The van der Waals surface area contributed by atoms with Crippen molar-refractivity contribution in [1.29, 1.82) is 0 Å². The number of fused-ring (bicyclic) bond motifs is 4. The van der Waals surface area contributed by atoms with Gasteiger partial charge in [-0.2, -0.15) is 0 Å². The number of hydrogen-bond donors (Lipinski definition) is 0. The van der Waals surface area contributed by atoms with E-state index in [0.29, 0.717) is 0 Å². The summed E-state index contributed by atoms with van der Waals surface area (Å²) in [5, 5.41) is 2.44. The summed E-state index contributed by atoms with van der Waals surface area (Å²) in [5.74, 6) is 1.67. The molecule has 0 aliphatic carbocycles. The van der Waals surface area contributed by atoms with Gasteiger partial charge < -0.3 is 19.4 Å².